The van der Waals surface area contributed by atoms with Crippen LogP contribution in [0.3, 0.4) is 0 Å². The molecule has 0 spiro atoms. The fraction of sp³-hybridized carbons (Fsp3) is 0.508. The molecule has 2 saturated carbocycles. The maximum Gasteiger partial charge on any atom is 0.306 e. The third-order valence-electron chi connectivity index (χ3n) is 14.4. The Hall–Kier alpha value is -6.86. The number of benzene rings is 2. The lowest BCUT2D eigenvalue weighted by atomic mass is 9.83. The number of ketones is 4. The number of rotatable bonds is 20. The number of nitrogens with one attached hydrogen (secondary N) is 2. The summed E-state index contributed by atoms with van der Waals surface area (Å²) in [5.41, 5.74) is 5.65. The molecule has 13 heteroatoms. The Balaban J connectivity index is 0.000000240. The number of Topliss-reactive ketones (excluding diaryl/α,β-unsaturated/α-hetero) is 4. The number of allylic oxidation sites excluding steroid dienone is 8. The average molecular weight is 1010 g/mol. The molecule has 5 aliphatic rings. The van der Waals surface area contributed by atoms with E-state index in [4.69, 9.17) is 4.74 Å². The molecule has 392 valence electrons. The zero-order valence-corrected chi connectivity index (χ0v) is 43.7. The zero-order valence-electron chi connectivity index (χ0n) is 43.7. The minimum atomic E-state index is -0.739. The van der Waals surface area contributed by atoms with Crippen molar-refractivity contribution < 1.29 is 43.1 Å². The van der Waals surface area contributed by atoms with Crippen LogP contribution in [0.4, 0.5) is 0 Å². The van der Waals surface area contributed by atoms with Crippen molar-refractivity contribution in [3.63, 3.8) is 0 Å². The highest BCUT2D eigenvalue weighted by Crippen LogP contribution is 2.44. The van der Waals surface area contributed by atoms with E-state index in [0.29, 0.717) is 76.4 Å². The first kappa shape index (κ1) is 58.0. The van der Waals surface area contributed by atoms with Gasteiger partial charge < -0.3 is 15.4 Å². The first-order valence-corrected chi connectivity index (χ1v) is 26.6. The Morgan fingerprint density at radius 3 is 1.66 bits per heavy atom. The van der Waals surface area contributed by atoms with Crippen molar-refractivity contribution in [3.05, 3.63) is 107 Å². The molecule has 0 radical (unpaired) electrons. The van der Waals surface area contributed by atoms with Gasteiger partial charge in [0, 0.05) is 55.3 Å². The summed E-state index contributed by atoms with van der Waals surface area (Å²) in [5, 5.41) is 24.8. The number of hydrogen-bond acceptors (Lipinski definition) is 11. The highest BCUT2D eigenvalue weighted by Gasteiger charge is 2.33. The fourth-order valence-corrected chi connectivity index (χ4v) is 10.5. The number of esters is 1. The van der Waals surface area contributed by atoms with Crippen LogP contribution in [0, 0.1) is 58.2 Å². The predicted molar refractivity (Wildman–Crippen MR) is 282 cm³/mol. The number of nitrogens with zero attached hydrogens (tertiary/aromatic N) is 2. The molecule has 2 N–H and O–H groups in total. The molecule has 2 aromatic rings. The maximum absolute atomic E-state index is 13.1. The molecule has 2 amide bonds. The highest BCUT2D eigenvalue weighted by molar-refractivity contribution is 6.13. The van der Waals surface area contributed by atoms with E-state index in [9.17, 15) is 48.9 Å². The molecular formula is C61H74N4O9. The molecule has 2 aromatic carbocycles. The zero-order chi connectivity index (χ0) is 53.6. The van der Waals surface area contributed by atoms with Gasteiger partial charge in [0.25, 0.3) is 0 Å². The summed E-state index contributed by atoms with van der Waals surface area (Å²) < 4.78 is 5.74. The molecule has 2 fully saturated rings. The largest absolute Gasteiger partial charge is 0.465 e. The fourth-order valence-electron chi connectivity index (χ4n) is 10.5. The van der Waals surface area contributed by atoms with Gasteiger partial charge in [-0.15, -0.1) is 0 Å². The van der Waals surface area contributed by atoms with Crippen LogP contribution in [-0.2, 0) is 43.1 Å². The van der Waals surface area contributed by atoms with Crippen LogP contribution in [0.15, 0.2) is 96.1 Å². The Bertz CT molecular complexity index is 2510. The van der Waals surface area contributed by atoms with Gasteiger partial charge in [-0.05, 0) is 110 Å². The van der Waals surface area contributed by atoms with Crippen LogP contribution < -0.4 is 10.6 Å². The molecule has 5 aliphatic carbocycles. The van der Waals surface area contributed by atoms with Gasteiger partial charge >= 0.3 is 5.97 Å². The van der Waals surface area contributed by atoms with E-state index in [-0.39, 0.29) is 83.1 Å². The summed E-state index contributed by atoms with van der Waals surface area (Å²) in [6.07, 6.45) is 21.5. The molecule has 13 nitrogen and oxygen atoms in total. The number of aldehydes is 1. The normalized spacial score (nSPS) is 19.6. The Morgan fingerprint density at radius 1 is 0.689 bits per heavy atom. The number of ether oxygens (including phenoxy) is 1. The van der Waals surface area contributed by atoms with Gasteiger partial charge in [0.15, 0.2) is 17.9 Å². The van der Waals surface area contributed by atoms with E-state index in [0.717, 1.165) is 66.4 Å². The third kappa shape index (κ3) is 17.7. The monoisotopic (exact) mass is 1010 g/mol. The van der Waals surface area contributed by atoms with Crippen LogP contribution in [-0.4, -0.2) is 65.9 Å². The van der Waals surface area contributed by atoms with E-state index >= 15 is 0 Å². The second-order valence-electron chi connectivity index (χ2n) is 21.0. The van der Waals surface area contributed by atoms with Crippen LogP contribution >= 0.6 is 0 Å². The van der Waals surface area contributed by atoms with Crippen LogP contribution in [0.2, 0.25) is 0 Å². The van der Waals surface area contributed by atoms with Gasteiger partial charge in [-0.2, -0.15) is 10.5 Å². The third-order valence-corrected chi connectivity index (χ3v) is 14.4. The summed E-state index contributed by atoms with van der Waals surface area (Å²) in [6.45, 7) is 8.35. The van der Waals surface area contributed by atoms with Gasteiger partial charge in [-0.3, -0.25) is 38.4 Å². The molecule has 6 atom stereocenters. The second-order valence-corrected chi connectivity index (χ2v) is 21.0. The van der Waals surface area contributed by atoms with Crippen molar-refractivity contribution in [3.8, 4) is 23.3 Å². The van der Waals surface area contributed by atoms with E-state index in [1.165, 1.54) is 6.08 Å². The average Bonchev–Trinajstić information content (AvgIpc) is 3.71. The molecule has 74 heavy (non-hydrogen) atoms. The van der Waals surface area contributed by atoms with Crippen LogP contribution in [0.1, 0.15) is 154 Å². The van der Waals surface area contributed by atoms with E-state index in [2.05, 4.69) is 60.9 Å². The molecule has 0 aromatic heterocycles. The van der Waals surface area contributed by atoms with Gasteiger partial charge in [0.05, 0.1) is 24.1 Å². The summed E-state index contributed by atoms with van der Waals surface area (Å²) in [7, 11) is 0. The van der Waals surface area contributed by atoms with Crippen LogP contribution in [0.5, 0.6) is 0 Å². The topological polar surface area (TPSA) is 217 Å². The minimum Gasteiger partial charge on any atom is -0.465 e. The summed E-state index contributed by atoms with van der Waals surface area (Å²) in [5.74, 6) is -1.07. The lowest BCUT2D eigenvalue weighted by Gasteiger charge is -2.25. The lowest BCUT2D eigenvalue weighted by Crippen LogP contribution is -2.41. The molecule has 7 rings (SSSR count). The molecule has 0 saturated heterocycles. The first-order valence-electron chi connectivity index (χ1n) is 26.6. The molecular weight excluding hydrogens is 933 g/mol. The minimum absolute atomic E-state index is 0.0373. The van der Waals surface area contributed by atoms with Crippen molar-refractivity contribution in [2.45, 2.75) is 155 Å². The van der Waals surface area contributed by atoms with Crippen molar-refractivity contribution >= 4 is 47.2 Å². The van der Waals surface area contributed by atoms with Crippen molar-refractivity contribution in [2.75, 3.05) is 6.61 Å². The highest BCUT2D eigenvalue weighted by atomic mass is 16.5. The molecule has 0 bridgehead atoms. The van der Waals surface area contributed by atoms with E-state index < -0.39 is 24.0 Å². The standard InChI is InChI=1S/C31H36N2O4.C23H32N2O3.C7H6O2/c1-20(2)15-22(31(36)33-23(18-32)16-21-9-3-8-14-29(21)34)17-30(35)37-19-28-26-12-6-4-10-24(26)25-11-5-7-13-27(25)28;1-16(2)13-19(12-11-17-7-3-5-9-21(17)26)23(28)25-20(15-24)14-18-8-4-6-10-22(18)27;8-5-6-3-1-2-4-7(6)9/h4-7,10-13,20-23,28H,3,8-9,14-17,19H2,1-2H3,(H,33,36);3,5,7,16,18-20H,4,6,8-14H2,1-2H3,(H,25,28);1-3,5H,4H2/t21-,22+,23-;18-,19-,20-;/m00./s1. The van der Waals surface area contributed by atoms with Crippen LogP contribution in [0.25, 0.3) is 11.1 Å². The van der Waals surface area contributed by atoms with Crippen molar-refractivity contribution in [1.29, 1.82) is 10.5 Å². The van der Waals surface area contributed by atoms with Crippen molar-refractivity contribution in [1.82, 2.24) is 10.6 Å². The Morgan fingerprint density at radius 2 is 1.19 bits per heavy atom. The number of amides is 2. The first-order chi connectivity index (χ1) is 35.6. The number of nitriles is 2. The van der Waals surface area contributed by atoms with E-state index in [1.807, 2.05) is 56.3 Å². The lowest BCUT2D eigenvalue weighted by molar-refractivity contribution is -0.147. The molecule has 0 aliphatic heterocycles. The number of carbonyl (C=O) groups excluding carboxylic acids is 8. The smallest absolute Gasteiger partial charge is 0.306 e. The molecule has 0 heterocycles. The summed E-state index contributed by atoms with van der Waals surface area (Å²) in [6, 6.07) is 19.3. The SMILES string of the molecule is CC(C)C[C@H](CC(=O)OCC1c2ccccc2-c2ccccc21)C(=O)N[C@H](C#N)C[C@@H]1CCCCC1=O.CC(C)C[C@H](CCC1=CC=CCC1=O)C(=O)N[C@H](C#N)C[C@@H]1CCCCC1=O.O=CC1=CC=CCC1=O. The predicted octanol–water partition coefficient (Wildman–Crippen LogP) is 10.2. The summed E-state index contributed by atoms with van der Waals surface area (Å²) >= 11 is 0. The van der Waals surface area contributed by atoms with E-state index in [1.54, 1.807) is 12.2 Å². The molecule has 0 unspecified atom stereocenters. The number of hydrogen-bond donors (Lipinski definition) is 2. The Kier molecular flexibility index (Phi) is 23.3. The van der Waals surface area contributed by atoms with Gasteiger partial charge in [0.2, 0.25) is 11.8 Å². The Labute approximate surface area is 437 Å². The van der Waals surface area contributed by atoms with Gasteiger partial charge in [-0.1, -0.05) is 119 Å². The van der Waals surface area contributed by atoms with Gasteiger partial charge in [-0.25, -0.2) is 0 Å². The number of fused-ring (bicyclic) bond motifs is 3. The number of carbonyl (C=O) groups is 8. The van der Waals surface area contributed by atoms with Gasteiger partial charge in [0.1, 0.15) is 30.3 Å². The van der Waals surface area contributed by atoms with Crippen molar-refractivity contribution in [2.24, 2.45) is 35.5 Å². The summed E-state index contributed by atoms with van der Waals surface area (Å²) in [4.78, 5) is 95.9. The second kappa shape index (κ2) is 29.7. The maximum atomic E-state index is 13.1. The quantitative estimate of drug-likeness (QED) is 0.0722.